The first-order valence-corrected chi connectivity index (χ1v) is 9.38. The third-order valence-corrected chi connectivity index (χ3v) is 4.05. The summed E-state index contributed by atoms with van der Waals surface area (Å²) in [6.07, 6.45) is 8.45. The van der Waals surface area contributed by atoms with Crippen LogP contribution >= 0.6 is 0 Å². The summed E-state index contributed by atoms with van der Waals surface area (Å²) in [5, 5.41) is 0. The van der Waals surface area contributed by atoms with Gasteiger partial charge in [0.25, 0.3) is 0 Å². The maximum absolute atomic E-state index is 12.0. The minimum Gasteiger partial charge on any atom is -0.425 e. The molecule has 0 saturated carbocycles. The highest BCUT2D eigenvalue weighted by molar-refractivity contribution is 5.77. The molecule has 0 radical (unpaired) electrons. The zero-order valence-electron chi connectivity index (χ0n) is 15.9. The van der Waals surface area contributed by atoms with E-state index in [-0.39, 0.29) is 5.97 Å². The molecule has 0 aliphatic heterocycles. The lowest BCUT2D eigenvalue weighted by molar-refractivity contribution is -0.146. The predicted molar refractivity (Wildman–Crippen MR) is 102 cm³/mol. The van der Waals surface area contributed by atoms with E-state index in [9.17, 15) is 4.79 Å². The van der Waals surface area contributed by atoms with E-state index < -0.39 is 6.10 Å². The van der Waals surface area contributed by atoms with Gasteiger partial charge < -0.3 is 9.47 Å². The summed E-state index contributed by atoms with van der Waals surface area (Å²) >= 11 is 0. The third-order valence-electron chi connectivity index (χ3n) is 4.05. The molecule has 0 aliphatic rings. The molecule has 2 aromatic rings. The van der Waals surface area contributed by atoms with Crippen LogP contribution < -0.4 is 4.74 Å². The molecule has 5 nitrogen and oxygen atoms in total. The molecule has 0 N–H and O–H groups in total. The maximum atomic E-state index is 12.0. The average molecular weight is 356 g/mol. The number of rotatable bonds is 10. The first-order valence-electron chi connectivity index (χ1n) is 9.38. The second-order valence-electron chi connectivity index (χ2n) is 6.33. The van der Waals surface area contributed by atoms with Crippen molar-refractivity contribution in [1.82, 2.24) is 9.97 Å². The molecule has 1 heterocycles. The van der Waals surface area contributed by atoms with Crippen LogP contribution in [-0.4, -0.2) is 28.6 Å². The maximum Gasteiger partial charge on any atom is 0.340 e. The van der Waals surface area contributed by atoms with Crippen LogP contribution in [0.15, 0.2) is 36.7 Å². The van der Waals surface area contributed by atoms with Crippen LogP contribution in [-0.2, 0) is 16.0 Å². The van der Waals surface area contributed by atoms with Crippen molar-refractivity contribution >= 4 is 5.97 Å². The molecule has 1 unspecified atom stereocenters. The number of esters is 1. The molecule has 0 aliphatic carbocycles. The molecular weight excluding hydrogens is 328 g/mol. The number of hydrogen-bond donors (Lipinski definition) is 0. The summed E-state index contributed by atoms with van der Waals surface area (Å²) < 4.78 is 10.8. The summed E-state index contributed by atoms with van der Waals surface area (Å²) in [4.78, 5) is 20.9. The van der Waals surface area contributed by atoms with Crippen molar-refractivity contribution in [3.8, 4) is 17.1 Å². The molecule has 0 saturated heterocycles. The van der Waals surface area contributed by atoms with Crippen LogP contribution in [0, 0.1) is 0 Å². The van der Waals surface area contributed by atoms with Gasteiger partial charge in [-0.05, 0) is 56.0 Å². The first-order chi connectivity index (χ1) is 12.6. The lowest BCUT2D eigenvalue weighted by Gasteiger charge is -2.12. The molecule has 0 spiro atoms. The lowest BCUT2D eigenvalue weighted by Crippen LogP contribution is -2.26. The summed E-state index contributed by atoms with van der Waals surface area (Å²) in [6, 6.07) is 7.21. The molecule has 26 heavy (non-hydrogen) atoms. The van der Waals surface area contributed by atoms with Gasteiger partial charge in [-0.3, -0.25) is 0 Å². The van der Waals surface area contributed by atoms with Gasteiger partial charge in [0.15, 0.2) is 11.9 Å². The zero-order chi connectivity index (χ0) is 18.8. The first kappa shape index (κ1) is 20.0. The quantitative estimate of drug-likeness (QED) is 0.354. The number of nitrogens with zero attached hydrogens (tertiary/aromatic N) is 2. The summed E-state index contributed by atoms with van der Waals surface area (Å²) in [5.41, 5.74) is 2.04. The number of aryl methyl sites for hydroxylation is 1. The summed E-state index contributed by atoms with van der Waals surface area (Å²) in [7, 11) is 0. The van der Waals surface area contributed by atoms with Gasteiger partial charge in [-0.15, -0.1) is 0 Å². The van der Waals surface area contributed by atoms with E-state index >= 15 is 0 Å². The standard InChI is InChI=1S/C21H28N2O3/c1-4-6-8-17-14-22-20(23-15-17)18-9-11-19(12-10-18)26-21(24)16(3)25-13-7-5-2/h9-12,14-16H,4-8,13H2,1-3H3. The normalized spacial score (nSPS) is 12.0. The highest BCUT2D eigenvalue weighted by Crippen LogP contribution is 2.20. The molecule has 0 amide bonds. The van der Waals surface area contributed by atoms with E-state index in [0.717, 1.165) is 43.2 Å². The number of aromatic nitrogens is 2. The van der Waals surface area contributed by atoms with E-state index in [1.165, 1.54) is 0 Å². The monoisotopic (exact) mass is 356 g/mol. The number of unbranched alkanes of at least 4 members (excludes halogenated alkanes) is 2. The van der Waals surface area contributed by atoms with Crippen LogP contribution in [0.25, 0.3) is 11.4 Å². The van der Waals surface area contributed by atoms with Gasteiger partial charge in [0.05, 0.1) is 0 Å². The lowest BCUT2D eigenvalue weighted by atomic mass is 10.1. The van der Waals surface area contributed by atoms with Crippen molar-refractivity contribution in [1.29, 1.82) is 0 Å². The zero-order valence-corrected chi connectivity index (χ0v) is 15.9. The topological polar surface area (TPSA) is 61.3 Å². The van der Waals surface area contributed by atoms with Gasteiger partial charge in [-0.25, -0.2) is 14.8 Å². The summed E-state index contributed by atoms with van der Waals surface area (Å²) in [5.74, 6) is 0.772. The van der Waals surface area contributed by atoms with Crippen LogP contribution in [0.4, 0.5) is 0 Å². The Labute approximate surface area is 155 Å². The van der Waals surface area contributed by atoms with E-state index in [0.29, 0.717) is 18.2 Å². The van der Waals surface area contributed by atoms with E-state index in [1.807, 2.05) is 24.5 Å². The Bertz CT molecular complexity index is 669. The molecule has 1 aromatic carbocycles. The van der Waals surface area contributed by atoms with Gasteiger partial charge in [0, 0.05) is 24.6 Å². The Morgan fingerprint density at radius 3 is 2.31 bits per heavy atom. The predicted octanol–water partition coefficient (Wildman–Crippen LogP) is 4.60. The van der Waals surface area contributed by atoms with Crippen molar-refractivity contribution in [2.45, 2.75) is 59.0 Å². The number of carbonyl (C=O) groups excluding carboxylic acids is 1. The van der Waals surface area contributed by atoms with Crippen LogP contribution in [0.5, 0.6) is 5.75 Å². The molecule has 1 aromatic heterocycles. The molecule has 0 fully saturated rings. The number of hydrogen-bond acceptors (Lipinski definition) is 5. The second kappa shape index (κ2) is 10.7. The highest BCUT2D eigenvalue weighted by Gasteiger charge is 2.15. The number of ether oxygens (including phenoxy) is 2. The third kappa shape index (κ3) is 6.23. The van der Waals surface area contributed by atoms with Gasteiger partial charge in [-0.1, -0.05) is 26.7 Å². The van der Waals surface area contributed by atoms with Crippen molar-refractivity contribution < 1.29 is 14.3 Å². The van der Waals surface area contributed by atoms with Gasteiger partial charge in [0.2, 0.25) is 0 Å². The number of carbonyl (C=O) groups is 1. The molecule has 2 rings (SSSR count). The van der Waals surface area contributed by atoms with Crippen molar-refractivity contribution in [2.75, 3.05) is 6.61 Å². The minimum absolute atomic E-state index is 0.384. The fourth-order valence-electron chi connectivity index (χ4n) is 2.36. The van der Waals surface area contributed by atoms with Crippen LogP contribution in [0.2, 0.25) is 0 Å². The van der Waals surface area contributed by atoms with Crippen molar-refractivity contribution in [2.24, 2.45) is 0 Å². The number of benzene rings is 1. The van der Waals surface area contributed by atoms with Crippen LogP contribution in [0.1, 0.15) is 52.0 Å². The van der Waals surface area contributed by atoms with E-state index in [4.69, 9.17) is 9.47 Å². The van der Waals surface area contributed by atoms with Crippen LogP contribution in [0.3, 0.4) is 0 Å². The Kier molecular flexibility index (Phi) is 8.22. The van der Waals surface area contributed by atoms with Gasteiger partial charge >= 0.3 is 5.97 Å². The molecule has 0 bridgehead atoms. The Hall–Kier alpha value is -2.27. The van der Waals surface area contributed by atoms with Gasteiger partial charge in [0.1, 0.15) is 5.75 Å². The van der Waals surface area contributed by atoms with E-state index in [2.05, 4.69) is 23.8 Å². The van der Waals surface area contributed by atoms with E-state index in [1.54, 1.807) is 19.1 Å². The Morgan fingerprint density at radius 2 is 1.69 bits per heavy atom. The SMILES string of the molecule is CCCCOC(C)C(=O)Oc1ccc(-c2ncc(CCCC)cn2)cc1. The largest absolute Gasteiger partial charge is 0.425 e. The average Bonchev–Trinajstić information content (AvgIpc) is 2.67. The molecule has 5 heteroatoms. The minimum atomic E-state index is -0.569. The highest BCUT2D eigenvalue weighted by atomic mass is 16.6. The molecular formula is C21H28N2O3. The molecule has 1 atom stereocenters. The molecule has 140 valence electrons. The fraction of sp³-hybridized carbons (Fsp3) is 0.476. The Balaban J connectivity index is 1.92. The van der Waals surface area contributed by atoms with Gasteiger partial charge in [-0.2, -0.15) is 0 Å². The fourth-order valence-corrected chi connectivity index (χ4v) is 2.36. The second-order valence-corrected chi connectivity index (χ2v) is 6.33. The van der Waals surface area contributed by atoms with Crippen molar-refractivity contribution in [3.63, 3.8) is 0 Å². The summed E-state index contributed by atoms with van der Waals surface area (Å²) in [6.45, 7) is 6.52. The van der Waals surface area contributed by atoms with Crippen molar-refractivity contribution in [3.05, 3.63) is 42.2 Å². The smallest absolute Gasteiger partial charge is 0.340 e. The Morgan fingerprint density at radius 1 is 1.04 bits per heavy atom.